The van der Waals surface area contributed by atoms with Gasteiger partial charge in [0.05, 0.1) is 47.5 Å². The second-order valence-electron chi connectivity index (χ2n) is 8.34. The normalized spacial score (nSPS) is 10.4. The Labute approximate surface area is 237 Å². The van der Waals surface area contributed by atoms with Crippen LogP contribution in [0.3, 0.4) is 0 Å². The lowest BCUT2D eigenvalue weighted by Crippen LogP contribution is -2.27. The van der Waals surface area contributed by atoms with Gasteiger partial charge in [0.25, 0.3) is 5.56 Å². The molecule has 0 atom stereocenters. The van der Waals surface area contributed by atoms with Crippen molar-refractivity contribution in [2.75, 3.05) is 47.9 Å². The summed E-state index contributed by atoms with van der Waals surface area (Å²) in [5.41, 5.74) is 7.23. The molecule has 1 heterocycles. The summed E-state index contributed by atoms with van der Waals surface area (Å²) in [7, 11) is 7.23. The molecular weight excluding hydrogens is 540 g/mol. The second kappa shape index (κ2) is 12.5. The molecule has 0 spiro atoms. The van der Waals surface area contributed by atoms with Crippen LogP contribution in [0.2, 0.25) is 0 Å². The number of carbonyl (C=O) groups excluding carboxylic acids is 1. The number of nitrogens with two attached hydrogens (primary N) is 1. The molecular formula is C29H31ClN2O8. The minimum Gasteiger partial charge on any atom is -0.493 e. The van der Waals surface area contributed by atoms with Gasteiger partial charge in [0.15, 0.2) is 23.0 Å². The van der Waals surface area contributed by atoms with Gasteiger partial charge in [0.1, 0.15) is 5.69 Å². The summed E-state index contributed by atoms with van der Waals surface area (Å²) in [6, 6.07) is 13.3. The molecule has 40 heavy (non-hydrogen) atoms. The topological polar surface area (TPSA) is 120 Å². The Morgan fingerprint density at radius 1 is 0.800 bits per heavy atom. The lowest BCUT2D eigenvalue weighted by molar-refractivity contribution is 0.0591. The lowest BCUT2D eigenvalue weighted by atomic mass is 9.95. The average Bonchev–Trinajstić information content (AvgIpc) is 2.96. The van der Waals surface area contributed by atoms with Crippen LogP contribution in [0.15, 0.2) is 53.3 Å². The zero-order valence-electron chi connectivity index (χ0n) is 23.0. The smallest absolute Gasteiger partial charge is 0.355 e. The quantitative estimate of drug-likeness (QED) is 0.222. The van der Waals surface area contributed by atoms with E-state index < -0.39 is 11.5 Å². The van der Waals surface area contributed by atoms with E-state index >= 15 is 0 Å². The van der Waals surface area contributed by atoms with E-state index in [9.17, 15) is 9.59 Å². The molecule has 0 aliphatic heterocycles. The van der Waals surface area contributed by atoms with Crippen LogP contribution in [-0.4, -0.2) is 52.7 Å². The first-order chi connectivity index (χ1) is 18.8. The standard InChI is InChI=1S/C29H30N2O8.ClH/c1-7-39-22-14-19-20(15-21(22)34-2)28(32)31(18-10-8-17(30)9-11-18)26(29(33)38-6)25(19)16-12-23(35-3)27(37-5)24(13-16)36-4;/h8-15H,7,30H2,1-6H3;1H. The largest absolute Gasteiger partial charge is 0.493 e. The van der Waals surface area contributed by atoms with E-state index in [1.54, 1.807) is 48.5 Å². The summed E-state index contributed by atoms with van der Waals surface area (Å²) < 4.78 is 34.5. The predicted octanol–water partition coefficient (Wildman–Crippen LogP) is 4.88. The third-order valence-corrected chi connectivity index (χ3v) is 6.25. The Morgan fingerprint density at radius 2 is 1.38 bits per heavy atom. The van der Waals surface area contributed by atoms with Crippen LogP contribution in [0.25, 0.3) is 27.6 Å². The lowest BCUT2D eigenvalue weighted by Gasteiger charge is -2.21. The van der Waals surface area contributed by atoms with Crippen molar-refractivity contribution in [3.63, 3.8) is 0 Å². The van der Waals surface area contributed by atoms with Gasteiger partial charge in [0, 0.05) is 22.3 Å². The van der Waals surface area contributed by atoms with E-state index in [1.807, 2.05) is 6.92 Å². The van der Waals surface area contributed by atoms with Crippen molar-refractivity contribution in [3.05, 3.63) is 64.6 Å². The Hall–Kier alpha value is -4.57. The van der Waals surface area contributed by atoms with Crippen LogP contribution in [-0.2, 0) is 4.74 Å². The van der Waals surface area contributed by atoms with E-state index in [-0.39, 0.29) is 23.5 Å². The summed E-state index contributed by atoms with van der Waals surface area (Å²) in [5, 5.41) is 0.717. The fourth-order valence-corrected chi connectivity index (χ4v) is 4.51. The Bertz CT molecular complexity index is 1570. The van der Waals surface area contributed by atoms with Crippen LogP contribution in [0.4, 0.5) is 5.69 Å². The number of rotatable bonds is 9. The van der Waals surface area contributed by atoms with Crippen LogP contribution in [0.5, 0.6) is 28.7 Å². The molecule has 4 aromatic rings. The zero-order valence-corrected chi connectivity index (χ0v) is 23.8. The van der Waals surface area contributed by atoms with Crippen LogP contribution in [0.1, 0.15) is 17.4 Å². The fraction of sp³-hybridized carbons (Fsp3) is 0.241. The number of hydrogen-bond acceptors (Lipinski definition) is 9. The van der Waals surface area contributed by atoms with E-state index in [0.29, 0.717) is 63.2 Å². The molecule has 2 N–H and O–H groups in total. The van der Waals surface area contributed by atoms with Crippen molar-refractivity contribution in [1.82, 2.24) is 4.57 Å². The van der Waals surface area contributed by atoms with E-state index in [1.165, 1.54) is 40.1 Å². The number of hydrogen-bond donors (Lipinski definition) is 1. The number of anilines is 1. The van der Waals surface area contributed by atoms with Crippen molar-refractivity contribution in [1.29, 1.82) is 0 Å². The van der Waals surface area contributed by atoms with Gasteiger partial charge in [-0.25, -0.2) is 4.79 Å². The summed E-state index contributed by atoms with van der Waals surface area (Å²) in [6.07, 6.45) is 0. The number of pyridine rings is 1. The van der Waals surface area contributed by atoms with Gasteiger partial charge in [-0.2, -0.15) is 0 Å². The predicted molar refractivity (Wildman–Crippen MR) is 155 cm³/mol. The van der Waals surface area contributed by atoms with Gasteiger partial charge >= 0.3 is 5.97 Å². The van der Waals surface area contributed by atoms with Gasteiger partial charge in [-0.3, -0.25) is 9.36 Å². The summed E-state index contributed by atoms with van der Waals surface area (Å²) in [6.45, 7) is 2.19. The first-order valence-electron chi connectivity index (χ1n) is 12.0. The number of aromatic nitrogens is 1. The molecule has 0 aliphatic rings. The maximum atomic E-state index is 14.1. The maximum absolute atomic E-state index is 14.1. The molecule has 212 valence electrons. The van der Waals surface area contributed by atoms with Gasteiger partial charge in [0.2, 0.25) is 5.75 Å². The Balaban J connectivity index is 0.00000441. The Kier molecular flexibility index (Phi) is 9.39. The zero-order chi connectivity index (χ0) is 28.3. The highest BCUT2D eigenvalue weighted by Crippen LogP contribution is 2.45. The monoisotopic (exact) mass is 570 g/mol. The van der Waals surface area contributed by atoms with Crippen LogP contribution in [0, 0.1) is 0 Å². The van der Waals surface area contributed by atoms with E-state index in [4.69, 9.17) is 34.2 Å². The van der Waals surface area contributed by atoms with Gasteiger partial charge in [-0.05, 0) is 61.0 Å². The molecule has 1 aromatic heterocycles. The van der Waals surface area contributed by atoms with Crippen molar-refractivity contribution in [2.45, 2.75) is 6.92 Å². The molecule has 0 aliphatic carbocycles. The number of carbonyl (C=O) groups is 1. The number of esters is 1. The second-order valence-corrected chi connectivity index (χ2v) is 8.34. The molecule has 0 fully saturated rings. The van der Waals surface area contributed by atoms with Crippen molar-refractivity contribution >= 4 is 34.8 Å². The SMILES string of the molecule is CCOc1cc2c(-c3cc(OC)c(OC)c(OC)c3)c(C(=O)OC)n(-c3ccc(N)cc3)c(=O)c2cc1OC.Cl. The fourth-order valence-electron chi connectivity index (χ4n) is 4.51. The number of methoxy groups -OCH3 is 5. The third-order valence-electron chi connectivity index (χ3n) is 6.25. The number of ether oxygens (including phenoxy) is 6. The van der Waals surface area contributed by atoms with Crippen molar-refractivity contribution in [2.24, 2.45) is 0 Å². The Morgan fingerprint density at radius 3 is 1.88 bits per heavy atom. The maximum Gasteiger partial charge on any atom is 0.355 e. The summed E-state index contributed by atoms with van der Waals surface area (Å²) in [4.78, 5) is 27.6. The van der Waals surface area contributed by atoms with Crippen molar-refractivity contribution in [3.8, 4) is 45.6 Å². The minimum atomic E-state index is -0.733. The molecule has 11 heteroatoms. The first-order valence-corrected chi connectivity index (χ1v) is 12.0. The number of benzene rings is 3. The molecule has 0 unspecified atom stereocenters. The molecule has 0 radical (unpaired) electrons. The molecule has 0 saturated heterocycles. The van der Waals surface area contributed by atoms with Crippen LogP contribution >= 0.6 is 12.4 Å². The molecule has 4 rings (SSSR count). The first kappa shape index (κ1) is 30.0. The third kappa shape index (κ3) is 5.17. The van der Waals surface area contributed by atoms with Gasteiger partial charge in [-0.15, -0.1) is 12.4 Å². The molecule has 10 nitrogen and oxygen atoms in total. The molecule has 3 aromatic carbocycles. The van der Waals surface area contributed by atoms with Gasteiger partial charge < -0.3 is 34.2 Å². The number of nitrogens with zero attached hydrogens (tertiary/aromatic N) is 1. The molecule has 0 amide bonds. The average molecular weight is 571 g/mol. The van der Waals surface area contributed by atoms with E-state index in [0.717, 1.165) is 0 Å². The van der Waals surface area contributed by atoms with E-state index in [2.05, 4.69) is 0 Å². The minimum absolute atomic E-state index is 0. The molecule has 0 saturated carbocycles. The number of halogens is 1. The summed E-state index contributed by atoms with van der Waals surface area (Å²) >= 11 is 0. The van der Waals surface area contributed by atoms with Crippen molar-refractivity contribution < 1.29 is 33.2 Å². The summed E-state index contributed by atoms with van der Waals surface area (Å²) in [5.74, 6) is 1.13. The van der Waals surface area contributed by atoms with Gasteiger partial charge in [-0.1, -0.05) is 0 Å². The highest BCUT2D eigenvalue weighted by Gasteiger charge is 2.28. The highest BCUT2D eigenvalue weighted by molar-refractivity contribution is 6.08. The highest BCUT2D eigenvalue weighted by atomic mass is 35.5. The molecule has 0 bridgehead atoms. The number of nitrogen functional groups attached to an aromatic ring is 1. The number of fused-ring (bicyclic) bond motifs is 1. The van der Waals surface area contributed by atoms with Crippen LogP contribution < -0.4 is 35.0 Å².